The van der Waals surface area contributed by atoms with Crippen LogP contribution in [0.25, 0.3) is 0 Å². The van der Waals surface area contributed by atoms with Crippen molar-refractivity contribution in [3.8, 4) is 5.75 Å². The highest BCUT2D eigenvalue weighted by molar-refractivity contribution is 6.21. The average molecular weight is 233 g/mol. The number of phenolic OH excluding ortho intramolecular Hbond substituents is 1. The Balaban J connectivity index is 2.26. The SMILES string of the molecule is CC(C)CCN1C(=O)c2ccc(O)cc2C1=O. The van der Waals surface area contributed by atoms with E-state index < -0.39 is 0 Å². The predicted octanol–water partition coefficient (Wildman–Crippen LogP) is 2.03. The molecule has 1 heterocycles. The van der Waals surface area contributed by atoms with Gasteiger partial charge in [-0.15, -0.1) is 0 Å². The van der Waals surface area contributed by atoms with Gasteiger partial charge in [-0.25, -0.2) is 0 Å². The van der Waals surface area contributed by atoms with Crippen LogP contribution in [-0.2, 0) is 0 Å². The lowest BCUT2D eigenvalue weighted by molar-refractivity contribution is 0.0647. The van der Waals surface area contributed by atoms with E-state index in [2.05, 4.69) is 0 Å². The number of benzene rings is 1. The Labute approximate surface area is 99.9 Å². The molecule has 0 saturated carbocycles. The fourth-order valence-corrected chi connectivity index (χ4v) is 1.87. The molecular formula is C13H15NO3. The molecule has 0 saturated heterocycles. The van der Waals surface area contributed by atoms with Gasteiger partial charge in [0.05, 0.1) is 11.1 Å². The van der Waals surface area contributed by atoms with Crippen LogP contribution >= 0.6 is 0 Å². The summed E-state index contributed by atoms with van der Waals surface area (Å²) < 4.78 is 0. The maximum atomic E-state index is 12.0. The normalized spacial score (nSPS) is 14.6. The summed E-state index contributed by atoms with van der Waals surface area (Å²) in [5.74, 6) is -0.115. The molecule has 90 valence electrons. The molecule has 2 rings (SSSR count). The molecule has 0 bridgehead atoms. The molecule has 17 heavy (non-hydrogen) atoms. The Morgan fingerprint density at radius 2 is 1.82 bits per heavy atom. The van der Waals surface area contributed by atoms with Gasteiger partial charge in [-0.2, -0.15) is 0 Å². The molecule has 0 unspecified atom stereocenters. The summed E-state index contributed by atoms with van der Waals surface area (Å²) in [5.41, 5.74) is 0.690. The summed E-state index contributed by atoms with van der Waals surface area (Å²) in [6, 6.07) is 4.28. The summed E-state index contributed by atoms with van der Waals surface area (Å²) in [5, 5.41) is 9.32. The molecule has 1 aromatic carbocycles. The van der Waals surface area contributed by atoms with Crippen LogP contribution < -0.4 is 0 Å². The van der Waals surface area contributed by atoms with Crippen LogP contribution in [0, 0.1) is 5.92 Å². The van der Waals surface area contributed by atoms with Crippen molar-refractivity contribution in [1.29, 1.82) is 0 Å². The fourth-order valence-electron chi connectivity index (χ4n) is 1.87. The maximum Gasteiger partial charge on any atom is 0.261 e. The van der Waals surface area contributed by atoms with Crippen molar-refractivity contribution in [1.82, 2.24) is 4.90 Å². The highest BCUT2D eigenvalue weighted by atomic mass is 16.3. The number of carbonyl (C=O) groups excluding carboxylic acids is 2. The van der Waals surface area contributed by atoms with E-state index in [0.717, 1.165) is 6.42 Å². The van der Waals surface area contributed by atoms with E-state index >= 15 is 0 Å². The second kappa shape index (κ2) is 4.20. The van der Waals surface area contributed by atoms with E-state index in [4.69, 9.17) is 0 Å². The molecule has 4 heteroatoms. The van der Waals surface area contributed by atoms with Gasteiger partial charge in [-0.1, -0.05) is 13.8 Å². The van der Waals surface area contributed by atoms with Crippen molar-refractivity contribution in [2.45, 2.75) is 20.3 Å². The van der Waals surface area contributed by atoms with Gasteiger partial charge in [0.15, 0.2) is 0 Å². The van der Waals surface area contributed by atoms with E-state index in [1.165, 1.54) is 23.1 Å². The van der Waals surface area contributed by atoms with Crippen molar-refractivity contribution in [3.63, 3.8) is 0 Å². The number of hydrogen-bond donors (Lipinski definition) is 1. The Hall–Kier alpha value is -1.84. The van der Waals surface area contributed by atoms with Crippen molar-refractivity contribution >= 4 is 11.8 Å². The number of rotatable bonds is 3. The molecular weight excluding hydrogens is 218 g/mol. The minimum atomic E-state index is -0.304. The Morgan fingerprint density at radius 3 is 2.47 bits per heavy atom. The molecule has 1 aliphatic heterocycles. The largest absolute Gasteiger partial charge is 0.508 e. The molecule has 1 aliphatic rings. The van der Waals surface area contributed by atoms with Crippen LogP contribution in [0.4, 0.5) is 0 Å². The van der Waals surface area contributed by atoms with E-state index in [1.54, 1.807) is 0 Å². The molecule has 2 amide bonds. The van der Waals surface area contributed by atoms with Gasteiger partial charge in [0.1, 0.15) is 5.75 Å². The quantitative estimate of drug-likeness (QED) is 0.813. The van der Waals surface area contributed by atoms with E-state index in [0.29, 0.717) is 23.6 Å². The topological polar surface area (TPSA) is 57.6 Å². The second-order valence-corrected chi connectivity index (χ2v) is 4.67. The highest BCUT2D eigenvalue weighted by Crippen LogP contribution is 2.26. The maximum absolute atomic E-state index is 12.0. The highest BCUT2D eigenvalue weighted by Gasteiger charge is 2.35. The number of carbonyl (C=O) groups is 2. The molecule has 0 aliphatic carbocycles. The number of phenols is 1. The van der Waals surface area contributed by atoms with Gasteiger partial charge in [0.2, 0.25) is 0 Å². The molecule has 0 radical (unpaired) electrons. The Bertz CT molecular complexity index is 480. The first kappa shape index (κ1) is 11.6. The molecule has 0 fully saturated rings. The smallest absolute Gasteiger partial charge is 0.261 e. The second-order valence-electron chi connectivity index (χ2n) is 4.67. The zero-order valence-corrected chi connectivity index (χ0v) is 9.93. The lowest BCUT2D eigenvalue weighted by Crippen LogP contribution is -2.31. The van der Waals surface area contributed by atoms with Crippen LogP contribution in [0.2, 0.25) is 0 Å². The monoisotopic (exact) mass is 233 g/mol. The molecule has 0 spiro atoms. The molecule has 4 nitrogen and oxygen atoms in total. The standard InChI is InChI=1S/C13H15NO3/c1-8(2)5-6-14-12(16)10-4-3-9(15)7-11(10)13(14)17/h3-4,7-8,15H,5-6H2,1-2H3. The summed E-state index contributed by atoms with van der Waals surface area (Å²) in [4.78, 5) is 25.2. The third-order valence-corrected chi connectivity index (χ3v) is 2.88. The number of nitrogens with zero attached hydrogens (tertiary/aromatic N) is 1. The van der Waals surface area contributed by atoms with E-state index in [9.17, 15) is 14.7 Å². The molecule has 0 aromatic heterocycles. The third-order valence-electron chi connectivity index (χ3n) is 2.88. The molecule has 1 aromatic rings. The summed E-state index contributed by atoms with van der Waals surface area (Å²) >= 11 is 0. The van der Waals surface area contributed by atoms with Gasteiger partial charge >= 0.3 is 0 Å². The lowest BCUT2D eigenvalue weighted by Gasteiger charge is -2.14. The number of hydrogen-bond acceptors (Lipinski definition) is 3. The van der Waals surface area contributed by atoms with Crippen LogP contribution in [0.15, 0.2) is 18.2 Å². The summed E-state index contributed by atoms with van der Waals surface area (Å²) in [6.45, 7) is 4.53. The van der Waals surface area contributed by atoms with Crippen molar-refractivity contribution in [3.05, 3.63) is 29.3 Å². The van der Waals surface area contributed by atoms with Gasteiger partial charge in [-0.3, -0.25) is 14.5 Å². The first-order chi connectivity index (χ1) is 8.00. The average Bonchev–Trinajstić information content (AvgIpc) is 2.49. The van der Waals surface area contributed by atoms with Crippen molar-refractivity contribution < 1.29 is 14.7 Å². The van der Waals surface area contributed by atoms with Gasteiger partial charge < -0.3 is 5.11 Å². The molecule has 0 atom stereocenters. The fraction of sp³-hybridized carbons (Fsp3) is 0.385. The first-order valence-electron chi connectivity index (χ1n) is 5.70. The minimum absolute atomic E-state index is 0.00982. The van der Waals surface area contributed by atoms with Crippen LogP contribution in [0.1, 0.15) is 41.0 Å². The summed E-state index contributed by atoms with van der Waals surface area (Å²) in [7, 11) is 0. The Kier molecular flexibility index (Phi) is 2.88. The van der Waals surface area contributed by atoms with Gasteiger partial charge in [0.25, 0.3) is 11.8 Å². The van der Waals surface area contributed by atoms with Crippen LogP contribution in [-0.4, -0.2) is 28.4 Å². The first-order valence-corrected chi connectivity index (χ1v) is 5.70. The number of fused-ring (bicyclic) bond motifs is 1. The molecule has 1 N–H and O–H groups in total. The van der Waals surface area contributed by atoms with E-state index in [-0.39, 0.29) is 17.6 Å². The summed E-state index contributed by atoms with van der Waals surface area (Å²) in [6.07, 6.45) is 0.789. The minimum Gasteiger partial charge on any atom is -0.508 e. The van der Waals surface area contributed by atoms with Crippen LogP contribution in [0.3, 0.4) is 0 Å². The van der Waals surface area contributed by atoms with Crippen molar-refractivity contribution in [2.75, 3.05) is 6.54 Å². The predicted molar refractivity (Wildman–Crippen MR) is 62.9 cm³/mol. The van der Waals surface area contributed by atoms with Gasteiger partial charge in [0, 0.05) is 6.54 Å². The zero-order chi connectivity index (χ0) is 12.6. The van der Waals surface area contributed by atoms with Crippen LogP contribution in [0.5, 0.6) is 5.75 Å². The third kappa shape index (κ3) is 2.02. The van der Waals surface area contributed by atoms with Crippen molar-refractivity contribution in [2.24, 2.45) is 5.92 Å². The van der Waals surface area contributed by atoms with Gasteiger partial charge in [-0.05, 0) is 30.5 Å². The number of amides is 2. The number of aromatic hydroxyl groups is 1. The Morgan fingerprint density at radius 1 is 1.18 bits per heavy atom. The number of imide groups is 1. The van der Waals surface area contributed by atoms with E-state index in [1.807, 2.05) is 13.8 Å². The lowest BCUT2D eigenvalue weighted by atomic mass is 10.1. The zero-order valence-electron chi connectivity index (χ0n) is 9.93.